The van der Waals surface area contributed by atoms with E-state index in [9.17, 15) is 0 Å². The Bertz CT molecular complexity index is 329. The minimum absolute atomic E-state index is 1.13. The van der Waals surface area contributed by atoms with Gasteiger partial charge in [-0.05, 0) is 31.9 Å². The lowest BCUT2D eigenvalue weighted by Crippen LogP contribution is -2.15. The van der Waals surface area contributed by atoms with Gasteiger partial charge in [0.25, 0.3) is 0 Å². The first kappa shape index (κ1) is 11.6. The van der Waals surface area contributed by atoms with Crippen LogP contribution in [0.2, 0.25) is 0 Å². The van der Waals surface area contributed by atoms with Crippen LogP contribution in [0.3, 0.4) is 0 Å². The standard InChI is InChI=1S/C14H19N/c1-4-5-7-10-13(2)15(3)14-11-8-6-9-12-14/h4-8,10-11H,1,9,12H2,2-3H3/b7-5-,13-10+. The summed E-state index contributed by atoms with van der Waals surface area (Å²) in [6.45, 7) is 5.76. The van der Waals surface area contributed by atoms with Crippen molar-refractivity contribution in [2.24, 2.45) is 0 Å². The van der Waals surface area contributed by atoms with E-state index in [4.69, 9.17) is 0 Å². The SMILES string of the molecule is C=C/C=C\C=C(/C)N(C)C1=CC=CCC1. The molecular formula is C14H19N. The fourth-order valence-electron chi connectivity index (χ4n) is 1.48. The number of hydrogen-bond acceptors (Lipinski definition) is 1. The Morgan fingerprint density at radius 3 is 2.87 bits per heavy atom. The molecule has 1 nitrogen and oxygen atoms in total. The van der Waals surface area contributed by atoms with Crippen molar-refractivity contribution in [2.75, 3.05) is 7.05 Å². The van der Waals surface area contributed by atoms with Crippen molar-refractivity contribution >= 4 is 0 Å². The van der Waals surface area contributed by atoms with E-state index in [-0.39, 0.29) is 0 Å². The second-order valence-corrected chi connectivity index (χ2v) is 3.61. The molecule has 0 spiro atoms. The molecule has 0 atom stereocenters. The smallest absolute Gasteiger partial charge is 0.0176 e. The van der Waals surface area contributed by atoms with E-state index in [2.05, 4.69) is 49.8 Å². The summed E-state index contributed by atoms with van der Waals surface area (Å²) in [5.41, 5.74) is 2.62. The zero-order valence-corrected chi connectivity index (χ0v) is 9.61. The van der Waals surface area contributed by atoms with Crippen LogP contribution in [-0.4, -0.2) is 11.9 Å². The molecule has 0 aliphatic heterocycles. The monoisotopic (exact) mass is 201 g/mol. The van der Waals surface area contributed by atoms with Crippen LogP contribution in [0.5, 0.6) is 0 Å². The lowest BCUT2D eigenvalue weighted by Gasteiger charge is -2.24. The van der Waals surface area contributed by atoms with Crippen LogP contribution in [0.4, 0.5) is 0 Å². The number of nitrogens with zero attached hydrogens (tertiary/aromatic N) is 1. The summed E-state index contributed by atoms with van der Waals surface area (Å²) in [5.74, 6) is 0. The van der Waals surface area contributed by atoms with E-state index >= 15 is 0 Å². The van der Waals surface area contributed by atoms with E-state index in [1.54, 1.807) is 6.08 Å². The lowest BCUT2D eigenvalue weighted by molar-refractivity contribution is 0.494. The van der Waals surface area contributed by atoms with Gasteiger partial charge in [-0.3, -0.25) is 0 Å². The Labute approximate surface area is 92.8 Å². The zero-order valence-electron chi connectivity index (χ0n) is 9.61. The average molecular weight is 201 g/mol. The highest BCUT2D eigenvalue weighted by molar-refractivity contribution is 5.22. The molecule has 0 bridgehead atoms. The second-order valence-electron chi connectivity index (χ2n) is 3.61. The minimum atomic E-state index is 1.13. The van der Waals surface area contributed by atoms with Crippen molar-refractivity contribution in [3.05, 3.63) is 60.5 Å². The van der Waals surface area contributed by atoms with Gasteiger partial charge in [-0.2, -0.15) is 0 Å². The third kappa shape index (κ3) is 3.62. The van der Waals surface area contributed by atoms with Crippen LogP contribution < -0.4 is 0 Å². The molecule has 1 aliphatic rings. The zero-order chi connectivity index (χ0) is 11.1. The summed E-state index contributed by atoms with van der Waals surface area (Å²) in [5, 5.41) is 0. The topological polar surface area (TPSA) is 3.24 Å². The van der Waals surface area contributed by atoms with Crippen molar-refractivity contribution in [3.63, 3.8) is 0 Å². The first-order valence-electron chi connectivity index (χ1n) is 5.31. The molecule has 0 saturated heterocycles. The van der Waals surface area contributed by atoms with Gasteiger partial charge in [-0.15, -0.1) is 0 Å². The Balaban J connectivity index is 2.66. The van der Waals surface area contributed by atoms with Gasteiger partial charge in [0.2, 0.25) is 0 Å². The van der Waals surface area contributed by atoms with Crippen molar-refractivity contribution in [1.82, 2.24) is 4.90 Å². The minimum Gasteiger partial charge on any atom is -0.352 e. The summed E-state index contributed by atoms with van der Waals surface area (Å²) >= 11 is 0. The fourth-order valence-corrected chi connectivity index (χ4v) is 1.48. The Morgan fingerprint density at radius 2 is 2.27 bits per heavy atom. The van der Waals surface area contributed by atoms with Gasteiger partial charge in [0.1, 0.15) is 0 Å². The summed E-state index contributed by atoms with van der Waals surface area (Å²) in [4.78, 5) is 2.23. The third-order valence-corrected chi connectivity index (χ3v) is 2.54. The highest BCUT2D eigenvalue weighted by atomic mass is 15.1. The molecule has 0 unspecified atom stereocenters. The van der Waals surface area contributed by atoms with E-state index in [0.29, 0.717) is 0 Å². The van der Waals surface area contributed by atoms with Crippen molar-refractivity contribution in [2.45, 2.75) is 19.8 Å². The molecule has 0 amide bonds. The Morgan fingerprint density at radius 1 is 1.47 bits per heavy atom. The van der Waals surface area contributed by atoms with E-state index in [0.717, 1.165) is 12.8 Å². The third-order valence-electron chi connectivity index (χ3n) is 2.54. The molecule has 0 heterocycles. The molecular weight excluding hydrogens is 182 g/mol. The quantitative estimate of drug-likeness (QED) is 0.625. The molecule has 0 aromatic heterocycles. The maximum Gasteiger partial charge on any atom is 0.0176 e. The highest BCUT2D eigenvalue weighted by Gasteiger charge is 2.06. The predicted molar refractivity (Wildman–Crippen MR) is 67.3 cm³/mol. The van der Waals surface area contributed by atoms with Crippen LogP contribution in [-0.2, 0) is 0 Å². The van der Waals surface area contributed by atoms with Crippen LogP contribution in [0, 0.1) is 0 Å². The van der Waals surface area contributed by atoms with Gasteiger partial charge >= 0.3 is 0 Å². The first-order valence-corrected chi connectivity index (χ1v) is 5.31. The normalized spacial score (nSPS) is 16.7. The largest absolute Gasteiger partial charge is 0.352 e. The predicted octanol–water partition coefficient (Wildman–Crippen LogP) is 3.80. The maximum atomic E-state index is 3.64. The molecule has 1 rings (SSSR count). The molecule has 0 radical (unpaired) electrons. The van der Waals surface area contributed by atoms with Gasteiger partial charge in [0.15, 0.2) is 0 Å². The van der Waals surface area contributed by atoms with Gasteiger partial charge in [-0.25, -0.2) is 0 Å². The van der Waals surface area contributed by atoms with E-state index in [1.165, 1.54) is 11.4 Å². The van der Waals surface area contributed by atoms with Crippen LogP contribution in [0.25, 0.3) is 0 Å². The second kappa shape index (κ2) is 6.07. The molecule has 0 aromatic rings. The van der Waals surface area contributed by atoms with Crippen molar-refractivity contribution in [3.8, 4) is 0 Å². The Hall–Kier alpha value is -1.50. The van der Waals surface area contributed by atoms with Gasteiger partial charge < -0.3 is 4.90 Å². The molecule has 0 N–H and O–H groups in total. The fraction of sp³-hybridized carbons (Fsp3) is 0.286. The summed E-state index contributed by atoms with van der Waals surface area (Å²) in [6.07, 6.45) is 16.6. The molecule has 15 heavy (non-hydrogen) atoms. The van der Waals surface area contributed by atoms with E-state index < -0.39 is 0 Å². The average Bonchev–Trinajstić information content (AvgIpc) is 2.29. The number of rotatable bonds is 4. The van der Waals surface area contributed by atoms with Gasteiger partial charge in [0, 0.05) is 18.4 Å². The molecule has 0 fully saturated rings. The molecule has 80 valence electrons. The van der Waals surface area contributed by atoms with Crippen LogP contribution >= 0.6 is 0 Å². The highest BCUT2D eigenvalue weighted by Crippen LogP contribution is 2.18. The molecule has 0 aromatic carbocycles. The summed E-state index contributed by atoms with van der Waals surface area (Å²) in [7, 11) is 2.11. The molecule has 1 aliphatic carbocycles. The number of allylic oxidation sites excluding steroid dienone is 9. The maximum absolute atomic E-state index is 3.64. The van der Waals surface area contributed by atoms with Gasteiger partial charge in [0.05, 0.1) is 0 Å². The Kier molecular flexibility index (Phi) is 4.69. The number of hydrogen-bond donors (Lipinski definition) is 0. The van der Waals surface area contributed by atoms with Crippen LogP contribution in [0.15, 0.2) is 60.5 Å². The summed E-state index contributed by atoms with van der Waals surface area (Å²) < 4.78 is 0. The lowest BCUT2D eigenvalue weighted by atomic mass is 10.1. The van der Waals surface area contributed by atoms with Crippen molar-refractivity contribution in [1.29, 1.82) is 0 Å². The summed E-state index contributed by atoms with van der Waals surface area (Å²) in [6, 6.07) is 0. The molecule has 1 heteroatoms. The van der Waals surface area contributed by atoms with Crippen molar-refractivity contribution < 1.29 is 0 Å². The van der Waals surface area contributed by atoms with Crippen LogP contribution in [0.1, 0.15) is 19.8 Å². The molecule has 0 saturated carbocycles. The first-order chi connectivity index (χ1) is 7.25. The van der Waals surface area contributed by atoms with Gasteiger partial charge in [-0.1, -0.05) is 37.0 Å². The van der Waals surface area contributed by atoms with E-state index in [1.807, 2.05) is 12.2 Å².